The lowest BCUT2D eigenvalue weighted by atomic mass is 10.1. The number of hydrogen-bond acceptors (Lipinski definition) is 6. The van der Waals surface area contributed by atoms with Crippen molar-refractivity contribution in [1.82, 2.24) is 9.66 Å². The maximum atomic E-state index is 13.2. The Labute approximate surface area is 193 Å². The first-order chi connectivity index (χ1) is 15.3. The highest BCUT2D eigenvalue weighted by Gasteiger charge is 2.16. The third-order valence-corrected chi connectivity index (χ3v) is 5.32. The van der Waals surface area contributed by atoms with Gasteiger partial charge in [0.15, 0.2) is 18.1 Å². The van der Waals surface area contributed by atoms with Crippen molar-refractivity contribution < 1.29 is 19.4 Å². The van der Waals surface area contributed by atoms with Crippen molar-refractivity contribution in [3.8, 4) is 11.5 Å². The van der Waals surface area contributed by atoms with Gasteiger partial charge in [-0.15, -0.1) is 0 Å². The number of aliphatic carboxylic acids is 1. The molecular weight excluding hydrogens is 478 g/mol. The Morgan fingerprint density at radius 3 is 2.69 bits per heavy atom. The van der Waals surface area contributed by atoms with Crippen LogP contribution in [-0.2, 0) is 4.79 Å². The van der Waals surface area contributed by atoms with Gasteiger partial charge < -0.3 is 14.6 Å². The number of aromatic nitrogens is 2. The predicted molar refractivity (Wildman–Crippen MR) is 126 cm³/mol. The molecule has 0 fully saturated rings. The van der Waals surface area contributed by atoms with E-state index in [0.717, 1.165) is 10.9 Å². The molecule has 8 nitrogen and oxygen atoms in total. The van der Waals surface area contributed by atoms with Gasteiger partial charge in [-0.25, -0.2) is 9.78 Å². The minimum absolute atomic E-state index is 0.0266. The molecule has 168 valence electrons. The zero-order valence-corrected chi connectivity index (χ0v) is 19.6. The first-order valence-electron chi connectivity index (χ1n) is 10.2. The fourth-order valence-corrected chi connectivity index (χ4v) is 3.40. The maximum absolute atomic E-state index is 13.2. The van der Waals surface area contributed by atoms with Gasteiger partial charge in [-0.05, 0) is 55.3 Å². The summed E-state index contributed by atoms with van der Waals surface area (Å²) in [5.41, 5.74) is 1.03. The van der Waals surface area contributed by atoms with Gasteiger partial charge in [0.1, 0.15) is 5.82 Å². The fourth-order valence-electron chi connectivity index (χ4n) is 3.04. The summed E-state index contributed by atoms with van der Waals surface area (Å²) < 4.78 is 13.0. The quantitative estimate of drug-likeness (QED) is 0.435. The minimum Gasteiger partial charge on any atom is -0.490 e. The minimum atomic E-state index is -1.08. The van der Waals surface area contributed by atoms with Crippen LogP contribution in [-0.4, -0.2) is 40.2 Å². The topological polar surface area (TPSA) is 103 Å². The van der Waals surface area contributed by atoms with E-state index in [1.807, 2.05) is 32.9 Å². The second-order valence-electron chi connectivity index (χ2n) is 7.12. The van der Waals surface area contributed by atoms with Crippen molar-refractivity contribution in [3.63, 3.8) is 0 Å². The molecule has 32 heavy (non-hydrogen) atoms. The van der Waals surface area contributed by atoms with E-state index >= 15 is 0 Å². The molecule has 0 aliphatic rings. The molecule has 0 spiro atoms. The van der Waals surface area contributed by atoms with E-state index in [4.69, 9.17) is 19.6 Å². The van der Waals surface area contributed by atoms with Crippen LogP contribution in [0.4, 0.5) is 0 Å². The van der Waals surface area contributed by atoms with Crippen molar-refractivity contribution >= 4 is 39.0 Å². The van der Waals surface area contributed by atoms with Crippen LogP contribution in [0.3, 0.4) is 0 Å². The van der Waals surface area contributed by atoms with Crippen molar-refractivity contribution in [2.45, 2.75) is 33.1 Å². The number of nitrogens with zero attached hydrogens (tertiary/aromatic N) is 3. The summed E-state index contributed by atoms with van der Waals surface area (Å²) in [6, 6.07) is 10.4. The largest absolute Gasteiger partial charge is 0.490 e. The molecule has 0 saturated heterocycles. The SMILES string of the molecule is CCOc1cc(C=Nn2c([C@H](C)CC)nc3ccc(Br)cc3c2=O)ccc1OCC(=O)O. The second kappa shape index (κ2) is 10.4. The van der Waals surface area contributed by atoms with Crippen molar-refractivity contribution in [3.05, 3.63) is 62.6 Å². The predicted octanol–water partition coefficient (Wildman–Crippen LogP) is 4.42. The number of carboxylic acids is 1. The number of hydrogen-bond donors (Lipinski definition) is 1. The number of ether oxygens (including phenoxy) is 2. The van der Waals surface area contributed by atoms with Gasteiger partial charge in [0.2, 0.25) is 0 Å². The third-order valence-electron chi connectivity index (χ3n) is 4.83. The van der Waals surface area contributed by atoms with E-state index in [1.54, 1.807) is 30.5 Å². The molecule has 3 rings (SSSR count). The van der Waals surface area contributed by atoms with Crippen LogP contribution >= 0.6 is 15.9 Å². The molecule has 3 aromatic rings. The lowest BCUT2D eigenvalue weighted by Gasteiger charge is -2.14. The summed E-state index contributed by atoms with van der Waals surface area (Å²) >= 11 is 3.40. The van der Waals surface area contributed by atoms with E-state index in [0.29, 0.717) is 40.4 Å². The standard InChI is InChI=1S/C23H24BrN3O5/c1-4-14(3)22-26-18-8-7-16(24)11-17(18)23(30)27(22)25-12-15-6-9-19(32-13-21(28)29)20(10-15)31-5-2/h6-12,14H,4-5,13H2,1-3H3,(H,28,29)/t14-/m1/s1. The van der Waals surface area contributed by atoms with Crippen LogP contribution in [0.1, 0.15) is 44.5 Å². The fraction of sp³-hybridized carbons (Fsp3) is 0.304. The molecule has 9 heteroatoms. The van der Waals surface area contributed by atoms with Gasteiger partial charge in [-0.2, -0.15) is 9.78 Å². The van der Waals surface area contributed by atoms with E-state index in [-0.39, 0.29) is 11.5 Å². The normalized spacial score (nSPS) is 12.2. The number of carbonyl (C=O) groups is 1. The van der Waals surface area contributed by atoms with E-state index in [2.05, 4.69) is 21.0 Å². The lowest BCUT2D eigenvalue weighted by Crippen LogP contribution is -2.23. The van der Waals surface area contributed by atoms with Gasteiger partial charge in [0.05, 0.1) is 23.7 Å². The molecule has 0 aliphatic heterocycles. The Kier molecular flexibility index (Phi) is 7.63. The maximum Gasteiger partial charge on any atom is 0.341 e. The molecule has 0 saturated carbocycles. The molecule has 0 amide bonds. The molecule has 1 atom stereocenters. The number of carboxylic acid groups (broad SMARTS) is 1. The van der Waals surface area contributed by atoms with Gasteiger partial charge in [-0.3, -0.25) is 4.79 Å². The lowest BCUT2D eigenvalue weighted by molar-refractivity contribution is -0.139. The van der Waals surface area contributed by atoms with E-state index in [9.17, 15) is 9.59 Å². The summed E-state index contributed by atoms with van der Waals surface area (Å²) in [5.74, 6) is 0.244. The Balaban J connectivity index is 2.05. The number of halogens is 1. The third kappa shape index (κ3) is 5.34. The van der Waals surface area contributed by atoms with Crippen LogP contribution in [0.2, 0.25) is 0 Å². The highest BCUT2D eigenvalue weighted by atomic mass is 79.9. The molecule has 0 bridgehead atoms. The van der Waals surface area contributed by atoms with Gasteiger partial charge >= 0.3 is 5.97 Å². The smallest absolute Gasteiger partial charge is 0.341 e. The molecule has 0 radical (unpaired) electrons. The zero-order chi connectivity index (χ0) is 23.3. The number of benzene rings is 2. The Morgan fingerprint density at radius 1 is 1.22 bits per heavy atom. The van der Waals surface area contributed by atoms with Crippen molar-refractivity contribution in [2.75, 3.05) is 13.2 Å². The molecule has 0 aliphatic carbocycles. The van der Waals surface area contributed by atoms with Crippen LogP contribution in [0.5, 0.6) is 11.5 Å². The van der Waals surface area contributed by atoms with E-state index < -0.39 is 12.6 Å². The molecule has 2 aromatic carbocycles. The van der Waals surface area contributed by atoms with Crippen LogP contribution < -0.4 is 15.0 Å². The van der Waals surface area contributed by atoms with Crippen molar-refractivity contribution in [1.29, 1.82) is 0 Å². The van der Waals surface area contributed by atoms with Crippen molar-refractivity contribution in [2.24, 2.45) is 5.10 Å². The molecule has 1 N–H and O–H groups in total. The highest BCUT2D eigenvalue weighted by molar-refractivity contribution is 9.10. The average molecular weight is 502 g/mol. The number of fused-ring (bicyclic) bond motifs is 1. The Bertz CT molecular complexity index is 1220. The van der Waals surface area contributed by atoms with Gasteiger partial charge in [-0.1, -0.05) is 29.8 Å². The van der Waals surface area contributed by atoms with Crippen LogP contribution in [0, 0.1) is 0 Å². The van der Waals surface area contributed by atoms with Crippen LogP contribution in [0.25, 0.3) is 10.9 Å². The molecule has 0 unspecified atom stereocenters. The first kappa shape index (κ1) is 23.5. The monoisotopic (exact) mass is 501 g/mol. The molecule has 1 heterocycles. The highest BCUT2D eigenvalue weighted by Crippen LogP contribution is 2.28. The second-order valence-corrected chi connectivity index (χ2v) is 8.04. The Morgan fingerprint density at radius 2 is 2.00 bits per heavy atom. The summed E-state index contributed by atoms with van der Waals surface area (Å²) in [6.45, 7) is 5.75. The van der Waals surface area contributed by atoms with Gasteiger partial charge in [0.25, 0.3) is 5.56 Å². The summed E-state index contributed by atoms with van der Waals surface area (Å²) in [6.07, 6.45) is 2.34. The first-order valence-corrected chi connectivity index (χ1v) is 11.0. The number of rotatable bonds is 9. The molecular formula is C23H24BrN3O5. The average Bonchev–Trinajstić information content (AvgIpc) is 2.77. The van der Waals surface area contributed by atoms with E-state index in [1.165, 1.54) is 4.68 Å². The summed E-state index contributed by atoms with van der Waals surface area (Å²) in [5, 5.41) is 13.8. The zero-order valence-electron chi connectivity index (χ0n) is 18.0. The summed E-state index contributed by atoms with van der Waals surface area (Å²) in [7, 11) is 0. The molecule has 1 aromatic heterocycles. The van der Waals surface area contributed by atoms with Gasteiger partial charge in [0, 0.05) is 10.4 Å². The summed E-state index contributed by atoms with van der Waals surface area (Å²) in [4.78, 5) is 28.7. The Hall–Kier alpha value is -3.20. The van der Waals surface area contributed by atoms with Crippen LogP contribution in [0.15, 0.2) is 50.8 Å².